The van der Waals surface area contributed by atoms with E-state index in [9.17, 15) is 9.59 Å². The van der Waals surface area contributed by atoms with Crippen molar-refractivity contribution in [2.75, 3.05) is 12.4 Å². The molecular weight excluding hydrogens is 352 g/mol. The predicted molar refractivity (Wildman–Crippen MR) is 104 cm³/mol. The van der Waals surface area contributed by atoms with Gasteiger partial charge in [0.2, 0.25) is 0 Å². The topological polar surface area (TPSA) is 71.3 Å². The van der Waals surface area contributed by atoms with Gasteiger partial charge in [-0.15, -0.1) is 11.6 Å². The minimum atomic E-state index is -0.319. The maximum Gasteiger partial charge on any atom is 0.315 e. The second kappa shape index (κ2) is 8.06. The molecule has 0 saturated heterocycles. The Labute approximate surface area is 156 Å². The highest BCUT2D eigenvalue weighted by Gasteiger charge is 2.15. The zero-order valence-corrected chi connectivity index (χ0v) is 15.1. The number of halogens is 1. The van der Waals surface area contributed by atoms with Crippen LogP contribution in [0.15, 0.2) is 57.7 Å². The standard InChI is InChI=1S/C20H19ClN2O3/c1-13-17(24)16-9-5-8-15(12-23-20(25)22-11-10-21)19(16)26-18(13)14-6-3-2-4-7-14/h2-9H,10-12H2,1H3,(H2,22,23,25). The van der Waals surface area contributed by atoms with Gasteiger partial charge in [-0.1, -0.05) is 42.5 Å². The SMILES string of the molecule is Cc1c(-c2ccccc2)oc2c(CNC(=O)NCCCl)cccc2c1=O. The van der Waals surface area contributed by atoms with E-state index >= 15 is 0 Å². The quantitative estimate of drug-likeness (QED) is 0.671. The van der Waals surface area contributed by atoms with E-state index in [0.29, 0.717) is 34.7 Å². The van der Waals surface area contributed by atoms with Crippen molar-refractivity contribution in [2.24, 2.45) is 0 Å². The summed E-state index contributed by atoms with van der Waals surface area (Å²) in [4.78, 5) is 24.5. The highest BCUT2D eigenvalue weighted by atomic mass is 35.5. The van der Waals surface area contributed by atoms with E-state index in [0.717, 1.165) is 11.1 Å². The molecule has 3 aromatic rings. The van der Waals surface area contributed by atoms with Gasteiger partial charge in [0.05, 0.1) is 5.39 Å². The van der Waals surface area contributed by atoms with Gasteiger partial charge in [-0.25, -0.2) is 4.79 Å². The molecule has 3 rings (SSSR count). The number of nitrogens with one attached hydrogen (secondary N) is 2. The molecule has 0 aliphatic carbocycles. The van der Waals surface area contributed by atoms with E-state index in [1.165, 1.54) is 0 Å². The number of hydrogen-bond acceptors (Lipinski definition) is 3. The number of carbonyl (C=O) groups is 1. The zero-order valence-electron chi connectivity index (χ0n) is 14.3. The first-order chi connectivity index (χ1) is 12.6. The Balaban J connectivity index is 2.02. The number of urea groups is 1. The average molecular weight is 371 g/mol. The highest BCUT2D eigenvalue weighted by Crippen LogP contribution is 2.27. The summed E-state index contributed by atoms with van der Waals surface area (Å²) in [6.07, 6.45) is 0. The number of hydrogen-bond donors (Lipinski definition) is 2. The zero-order chi connectivity index (χ0) is 18.5. The Morgan fingerprint density at radius 1 is 1.08 bits per heavy atom. The molecule has 0 bridgehead atoms. The van der Waals surface area contributed by atoms with Crippen LogP contribution >= 0.6 is 11.6 Å². The summed E-state index contributed by atoms with van der Waals surface area (Å²) in [5, 5.41) is 5.88. The van der Waals surface area contributed by atoms with Crippen LogP contribution in [0.1, 0.15) is 11.1 Å². The molecule has 2 N–H and O–H groups in total. The van der Waals surface area contributed by atoms with Crippen LogP contribution in [0, 0.1) is 6.92 Å². The van der Waals surface area contributed by atoms with Gasteiger partial charge in [0, 0.05) is 35.7 Å². The maximum atomic E-state index is 12.8. The van der Waals surface area contributed by atoms with Crippen LogP contribution in [0.2, 0.25) is 0 Å². The Bertz CT molecular complexity index is 984. The lowest BCUT2D eigenvalue weighted by atomic mass is 10.0. The van der Waals surface area contributed by atoms with Gasteiger partial charge in [-0.2, -0.15) is 0 Å². The van der Waals surface area contributed by atoms with E-state index in [1.54, 1.807) is 19.1 Å². The van der Waals surface area contributed by atoms with Crippen molar-refractivity contribution in [1.29, 1.82) is 0 Å². The lowest BCUT2D eigenvalue weighted by Crippen LogP contribution is -2.36. The van der Waals surface area contributed by atoms with Crippen LogP contribution < -0.4 is 16.1 Å². The number of carbonyl (C=O) groups excluding carboxylic acids is 1. The predicted octanol–water partition coefficient (Wildman–Crippen LogP) is 3.81. The fourth-order valence-electron chi connectivity index (χ4n) is 2.77. The van der Waals surface area contributed by atoms with E-state index < -0.39 is 0 Å². The summed E-state index contributed by atoms with van der Waals surface area (Å²) in [5.74, 6) is 0.887. The number of alkyl halides is 1. The van der Waals surface area contributed by atoms with Crippen molar-refractivity contribution in [3.05, 3.63) is 69.9 Å². The van der Waals surface area contributed by atoms with Crippen molar-refractivity contribution in [3.8, 4) is 11.3 Å². The highest BCUT2D eigenvalue weighted by molar-refractivity contribution is 6.18. The number of para-hydroxylation sites is 1. The van der Waals surface area contributed by atoms with Crippen molar-refractivity contribution in [1.82, 2.24) is 10.6 Å². The molecule has 1 heterocycles. The number of rotatable bonds is 5. The molecule has 134 valence electrons. The first kappa shape index (κ1) is 18.0. The second-order valence-electron chi connectivity index (χ2n) is 5.84. The van der Waals surface area contributed by atoms with E-state index in [-0.39, 0.29) is 18.0 Å². The Morgan fingerprint density at radius 2 is 1.85 bits per heavy atom. The smallest absolute Gasteiger partial charge is 0.315 e. The fourth-order valence-corrected chi connectivity index (χ4v) is 2.87. The summed E-state index contributed by atoms with van der Waals surface area (Å²) >= 11 is 5.56. The third-order valence-corrected chi connectivity index (χ3v) is 4.27. The Morgan fingerprint density at radius 3 is 2.58 bits per heavy atom. The van der Waals surface area contributed by atoms with Crippen LogP contribution in [0.5, 0.6) is 0 Å². The molecule has 0 spiro atoms. The molecule has 0 unspecified atom stereocenters. The van der Waals surface area contributed by atoms with Gasteiger partial charge >= 0.3 is 6.03 Å². The van der Waals surface area contributed by atoms with Crippen LogP contribution in [0.4, 0.5) is 4.79 Å². The molecule has 0 radical (unpaired) electrons. The van der Waals surface area contributed by atoms with Gasteiger partial charge in [0.25, 0.3) is 0 Å². The second-order valence-corrected chi connectivity index (χ2v) is 6.22. The minimum Gasteiger partial charge on any atom is -0.455 e. The summed E-state index contributed by atoms with van der Waals surface area (Å²) in [6, 6.07) is 14.5. The molecular formula is C20H19ClN2O3. The van der Waals surface area contributed by atoms with Gasteiger partial charge in [0.1, 0.15) is 11.3 Å². The van der Waals surface area contributed by atoms with Crippen molar-refractivity contribution < 1.29 is 9.21 Å². The van der Waals surface area contributed by atoms with Crippen LogP contribution in [-0.4, -0.2) is 18.5 Å². The molecule has 2 aromatic carbocycles. The normalized spacial score (nSPS) is 10.7. The van der Waals surface area contributed by atoms with Crippen molar-refractivity contribution in [3.63, 3.8) is 0 Å². The average Bonchev–Trinajstić information content (AvgIpc) is 2.68. The molecule has 0 saturated carbocycles. The van der Waals surface area contributed by atoms with Crippen molar-refractivity contribution >= 4 is 28.6 Å². The molecule has 0 atom stereocenters. The van der Waals surface area contributed by atoms with E-state index in [4.69, 9.17) is 16.0 Å². The third-order valence-electron chi connectivity index (χ3n) is 4.08. The summed E-state index contributed by atoms with van der Waals surface area (Å²) in [6.45, 7) is 2.39. The summed E-state index contributed by atoms with van der Waals surface area (Å²) in [7, 11) is 0. The summed E-state index contributed by atoms with van der Waals surface area (Å²) in [5.41, 5.74) is 2.55. The maximum absolute atomic E-state index is 12.8. The van der Waals surface area contributed by atoms with Crippen LogP contribution in [0.25, 0.3) is 22.3 Å². The lowest BCUT2D eigenvalue weighted by Gasteiger charge is -2.11. The molecule has 6 heteroatoms. The lowest BCUT2D eigenvalue weighted by molar-refractivity contribution is 0.241. The van der Waals surface area contributed by atoms with Crippen molar-refractivity contribution in [2.45, 2.75) is 13.5 Å². The Kier molecular flexibility index (Phi) is 5.58. The first-order valence-electron chi connectivity index (χ1n) is 8.30. The molecule has 26 heavy (non-hydrogen) atoms. The third kappa shape index (κ3) is 3.73. The molecule has 5 nitrogen and oxygen atoms in total. The van der Waals surface area contributed by atoms with Crippen LogP contribution in [0.3, 0.4) is 0 Å². The van der Waals surface area contributed by atoms with Gasteiger partial charge in [-0.05, 0) is 13.0 Å². The molecule has 0 aliphatic heterocycles. The minimum absolute atomic E-state index is 0.0708. The van der Waals surface area contributed by atoms with E-state index in [2.05, 4.69) is 10.6 Å². The summed E-state index contributed by atoms with van der Waals surface area (Å²) < 4.78 is 6.11. The number of amides is 2. The number of fused-ring (bicyclic) bond motifs is 1. The van der Waals surface area contributed by atoms with E-state index in [1.807, 2.05) is 36.4 Å². The fraction of sp³-hybridized carbons (Fsp3) is 0.200. The largest absolute Gasteiger partial charge is 0.455 e. The monoisotopic (exact) mass is 370 g/mol. The van der Waals surface area contributed by atoms with Gasteiger partial charge in [-0.3, -0.25) is 4.79 Å². The van der Waals surface area contributed by atoms with Gasteiger partial charge in [0.15, 0.2) is 5.43 Å². The molecule has 1 aromatic heterocycles. The van der Waals surface area contributed by atoms with Gasteiger partial charge < -0.3 is 15.1 Å². The first-order valence-corrected chi connectivity index (χ1v) is 8.83. The molecule has 2 amide bonds. The molecule has 0 fully saturated rings. The Hall–Kier alpha value is -2.79. The number of benzene rings is 2. The molecule has 0 aliphatic rings. The van der Waals surface area contributed by atoms with Crippen LogP contribution in [-0.2, 0) is 6.54 Å².